The van der Waals surface area contributed by atoms with Crippen molar-refractivity contribution in [2.24, 2.45) is 0 Å². The smallest absolute Gasteiger partial charge is 0.341 e. The van der Waals surface area contributed by atoms with Gasteiger partial charge in [-0.2, -0.15) is 0 Å². The summed E-state index contributed by atoms with van der Waals surface area (Å²) >= 11 is 7.11. The second kappa shape index (κ2) is 8.63. The Balaban J connectivity index is 1.84. The zero-order valence-corrected chi connectivity index (χ0v) is 17.7. The van der Waals surface area contributed by atoms with Gasteiger partial charge in [0.05, 0.1) is 17.6 Å². The molecule has 2 aromatic rings. The van der Waals surface area contributed by atoms with E-state index in [4.69, 9.17) is 16.3 Å². The van der Waals surface area contributed by atoms with Crippen molar-refractivity contribution in [2.75, 3.05) is 18.2 Å². The van der Waals surface area contributed by atoms with Gasteiger partial charge in [-0.15, -0.1) is 11.3 Å². The molecule has 0 unspecified atom stereocenters. The molecule has 0 saturated heterocycles. The van der Waals surface area contributed by atoms with Crippen molar-refractivity contribution in [3.63, 3.8) is 0 Å². The van der Waals surface area contributed by atoms with E-state index >= 15 is 0 Å². The van der Waals surface area contributed by atoms with Crippen molar-refractivity contribution >= 4 is 49.7 Å². The molecule has 0 fully saturated rings. The zero-order valence-electron chi connectivity index (χ0n) is 15.3. The number of rotatable bonds is 5. The van der Waals surface area contributed by atoms with Crippen LogP contribution in [0.3, 0.4) is 0 Å². The molecule has 28 heavy (non-hydrogen) atoms. The van der Waals surface area contributed by atoms with Gasteiger partial charge in [-0.3, -0.25) is 4.79 Å². The van der Waals surface area contributed by atoms with Gasteiger partial charge in [0, 0.05) is 9.90 Å². The average Bonchev–Trinajstić information content (AvgIpc) is 2.82. The third-order valence-corrected chi connectivity index (χ3v) is 7.65. The monoisotopic (exact) mass is 441 g/mol. The number of thiophene rings is 1. The highest BCUT2D eigenvalue weighted by Crippen LogP contribution is 2.38. The number of halogens is 1. The lowest BCUT2D eigenvalue weighted by Gasteiger charge is -2.08. The fourth-order valence-electron chi connectivity index (χ4n) is 3.21. The SMILES string of the molecule is COC(=O)c1c(NC(=O)CS(=O)(=O)c2ccc(Cl)cc2)sc2c1CCCCC2. The normalized spacial score (nSPS) is 14.1. The fraction of sp³-hybridized carbons (Fsp3) is 0.368. The Morgan fingerprint density at radius 2 is 1.82 bits per heavy atom. The van der Waals surface area contributed by atoms with Crippen LogP contribution in [-0.4, -0.2) is 33.2 Å². The topological polar surface area (TPSA) is 89.5 Å². The van der Waals surface area contributed by atoms with Crippen molar-refractivity contribution in [2.45, 2.75) is 37.0 Å². The summed E-state index contributed by atoms with van der Waals surface area (Å²) in [5, 5.41) is 3.38. The first-order valence-electron chi connectivity index (χ1n) is 8.83. The molecule has 1 heterocycles. The van der Waals surface area contributed by atoms with Crippen molar-refractivity contribution in [3.05, 3.63) is 45.3 Å². The Labute approximate surface area is 172 Å². The van der Waals surface area contributed by atoms with Crippen LogP contribution in [0.15, 0.2) is 29.2 Å². The van der Waals surface area contributed by atoms with Gasteiger partial charge >= 0.3 is 5.97 Å². The zero-order chi connectivity index (χ0) is 20.3. The number of amides is 1. The third kappa shape index (κ3) is 4.56. The van der Waals surface area contributed by atoms with Gasteiger partial charge in [-0.1, -0.05) is 18.0 Å². The summed E-state index contributed by atoms with van der Waals surface area (Å²) in [5.74, 6) is -1.94. The number of sulfone groups is 1. The molecule has 0 bridgehead atoms. The number of ether oxygens (including phenoxy) is 1. The van der Waals surface area contributed by atoms with Gasteiger partial charge < -0.3 is 10.1 Å². The van der Waals surface area contributed by atoms with Crippen LogP contribution in [0.1, 0.15) is 40.1 Å². The van der Waals surface area contributed by atoms with Crippen LogP contribution in [0.25, 0.3) is 0 Å². The highest BCUT2D eigenvalue weighted by atomic mass is 35.5. The summed E-state index contributed by atoms with van der Waals surface area (Å²) in [6.07, 6.45) is 4.65. The molecule has 1 aromatic heterocycles. The number of fused-ring (bicyclic) bond motifs is 1. The number of carbonyl (C=O) groups is 2. The van der Waals surface area contributed by atoms with Gasteiger partial charge in [0.25, 0.3) is 0 Å². The average molecular weight is 442 g/mol. The van der Waals surface area contributed by atoms with E-state index in [2.05, 4.69) is 5.32 Å². The molecule has 9 heteroatoms. The van der Waals surface area contributed by atoms with E-state index in [-0.39, 0.29) is 4.90 Å². The first-order chi connectivity index (χ1) is 13.3. The van der Waals surface area contributed by atoms with Crippen LogP contribution < -0.4 is 5.32 Å². The minimum absolute atomic E-state index is 0.0159. The molecule has 0 spiro atoms. The minimum Gasteiger partial charge on any atom is -0.465 e. The lowest BCUT2D eigenvalue weighted by atomic mass is 10.1. The lowest BCUT2D eigenvalue weighted by Crippen LogP contribution is -2.23. The standard InChI is InChI=1S/C19H20ClNO5S2/c1-26-19(23)17-14-5-3-2-4-6-15(14)27-18(17)21-16(22)11-28(24,25)13-9-7-12(20)8-10-13/h7-10H,2-6,11H2,1H3,(H,21,22). The molecule has 1 N–H and O–H groups in total. The predicted octanol–water partition coefficient (Wildman–Crippen LogP) is 3.87. The maximum atomic E-state index is 12.5. The van der Waals surface area contributed by atoms with Crippen molar-refractivity contribution < 1.29 is 22.7 Å². The van der Waals surface area contributed by atoms with E-state index in [9.17, 15) is 18.0 Å². The maximum absolute atomic E-state index is 12.5. The summed E-state index contributed by atoms with van der Waals surface area (Å²) < 4.78 is 29.8. The fourth-order valence-corrected chi connectivity index (χ4v) is 5.76. The Kier molecular flexibility index (Phi) is 6.42. The van der Waals surface area contributed by atoms with E-state index in [0.717, 1.165) is 42.5 Å². The summed E-state index contributed by atoms with van der Waals surface area (Å²) in [4.78, 5) is 25.8. The van der Waals surface area contributed by atoms with E-state index in [1.165, 1.54) is 42.7 Å². The molecule has 1 aliphatic carbocycles. The third-order valence-electron chi connectivity index (χ3n) is 4.56. The maximum Gasteiger partial charge on any atom is 0.341 e. The summed E-state index contributed by atoms with van der Waals surface area (Å²) in [5.41, 5.74) is 1.26. The summed E-state index contributed by atoms with van der Waals surface area (Å²) in [6, 6.07) is 5.63. The van der Waals surface area contributed by atoms with Crippen molar-refractivity contribution in [3.8, 4) is 0 Å². The van der Waals surface area contributed by atoms with Crippen LogP contribution in [0, 0.1) is 0 Å². The van der Waals surface area contributed by atoms with Gasteiger partial charge in [-0.05, 0) is 55.5 Å². The van der Waals surface area contributed by atoms with E-state index in [1.807, 2.05) is 0 Å². The number of hydrogen-bond acceptors (Lipinski definition) is 6. The van der Waals surface area contributed by atoms with Gasteiger partial charge in [0.2, 0.25) is 5.91 Å². The number of nitrogens with one attached hydrogen (secondary N) is 1. The van der Waals surface area contributed by atoms with E-state index in [0.29, 0.717) is 15.6 Å². The molecule has 1 aliphatic rings. The predicted molar refractivity (Wildman–Crippen MR) is 109 cm³/mol. The Hall–Kier alpha value is -1.90. The van der Waals surface area contributed by atoms with Gasteiger partial charge in [0.1, 0.15) is 10.8 Å². The molecule has 0 radical (unpaired) electrons. The van der Waals surface area contributed by atoms with E-state index < -0.39 is 27.5 Å². The number of methoxy groups -OCH3 is 1. The number of benzene rings is 1. The largest absolute Gasteiger partial charge is 0.465 e. The van der Waals surface area contributed by atoms with Crippen LogP contribution in [0.4, 0.5) is 5.00 Å². The minimum atomic E-state index is -3.83. The molecule has 1 aromatic carbocycles. The van der Waals surface area contributed by atoms with Gasteiger partial charge in [-0.25, -0.2) is 13.2 Å². The van der Waals surface area contributed by atoms with Crippen LogP contribution in [0.5, 0.6) is 0 Å². The quantitative estimate of drug-likeness (QED) is 0.562. The molecule has 150 valence electrons. The summed E-state index contributed by atoms with van der Waals surface area (Å²) in [7, 11) is -2.53. The first kappa shape index (κ1) is 20.8. The lowest BCUT2D eigenvalue weighted by molar-refractivity contribution is -0.113. The molecular formula is C19H20ClNO5S2. The van der Waals surface area contributed by atoms with Crippen LogP contribution >= 0.6 is 22.9 Å². The van der Waals surface area contributed by atoms with Crippen molar-refractivity contribution in [1.29, 1.82) is 0 Å². The highest BCUT2D eigenvalue weighted by molar-refractivity contribution is 7.92. The van der Waals surface area contributed by atoms with Crippen LogP contribution in [0.2, 0.25) is 5.02 Å². The molecule has 3 rings (SSSR count). The van der Waals surface area contributed by atoms with Gasteiger partial charge in [0.15, 0.2) is 9.84 Å². The number of aryl methyl sites for hydroxylation is 1. The summed E-state index contributed by atoms with van der Waals surface area (Å²) in [6.45, 7) is 0. The number of carbonyl (C=O) groups excluding carboxylic acids is 2. The second-order valence-corrected chi connectivity index (χ2v) is 10.1. The Morgan fingerprint density at radius 1 is 1.14 bits per heavy atom. The second-order valence-electron chi connectivity index (χ2n) is 6.52. The molecule has 0 atom stereocenters. The Morgan fingerprint density at radius 3 is 2.50 bits per heavy atom. The number of esters is 1. The number of hydrogen-bond donors (Lipinski definition) is 1. The molecule has 0 saturated carbocycles. The molecule has 1 amide bonds. The highest BCUT2D eigenvalue weighted by Gasteiger charge is 2.27. The number of anilines is 1. The van der Waals surface area contributed by atoms with Crippen molar-refractivity contribution in [1.82, 2.24) is 0 Å². The first-order valence-corrected chi connectivity index (χ1v) is 11.7. The van der Waals surface area contributed by atoms with E-state index in [1.54, 1.807) is 0 Å². The Bertz CT molecular complexity index is 996. The van der Waals surface area contributed by atoms with Crippen LogP contribution in [-0.2, 0) is 32.2 Å². The molecular weight excluding hydrogens is 422 g/mol. The molecule has 6 nitrogen and oxygen atoms in total. The molecule has 0 aliphatic heterocycles.